The molecule has 1 saturated carbocycles. The number of benzene rings is 1. The fraction of sp³-hybridized carbons (Fsp3) is 0.667. The summed E-state index contributed by atoms with van der Waals surface area (Å²) in [5.74, 6) is -0.182. The average Bonchev–Trinajstić information content (AvgIpc) is 3.16. The van der Waals surface area contributed by atoms with Crippen molar-refractivity contribution in [2.24, 2.45) is 0 Å². The fourth-order valence-corrected chi connectivity index (χ4v) is 4.28. The lowest BCUT2D eigenvalue weighted by Crippen LogP contribution is -2.44. The number of carbonyl (C=O) groups excluding carboxylic acids is 1. The Morgan fingerprint density at radius 2 is 1.56 bits per heavy atom. The molecule has 1 aromatic rings. The normalized spacial score (nSPS) is 17.3. The largest absolute Gasteiger partial charge is 0.460 e. The van der Waals surface area contributed by atoms with Crippen molar-refractivity contribution < 1.29 is 14.0 Å². The Morgan fingerprint density at radius 3 is 1.96 bits per heavy atom. The summed E-state index contributed by atoms with van der Waals surface area (Å²) >= 11 is 0. The Kier molecular flexibility index (Phi) is 5.29. The summed E-state index contributed by atoms with van der Waals surface area (Å²) < 4.78 is 12.1. The average molecular weight is 363 g/mol. The zero-order valence-electron chi connectivity index (χ0n) is 17.2. The van der Waals surface area contributed by atoms with Gasteiger partial charge >= 0.3 is 5.97 Å². The van der Waals surface area contributed by atoms with Crippen molar-refractivity contribution in [3.8, 4) is 0 Å². The third-order valence-electron chi connectivity index (χ3n) is 5.21. The first-order valence-electron chi connectivity index (χ1n) is 9.26. The van der Waals surface area contributed by atoms with Crippen LogP contribution in [0.4, 0.5) is 0 Å². The zero-order chi connectivity index (χ0) is 19.1. The molecule has 4 heteroatoms. The monoisotopic (exact) mass is 362 g/mol. The highest BCUT2D eigenvalue weighted by Crippen LogP contribution is 2.54. The molecule has 1 aliphatic rings. The van der Waals surface area contributed by atoms with Crippen LogP contribution in [0.5, 0.6) is 0 Å². The van der Waals surface area contributed by atoms with Crippen LogP contribution in [0, 0.1) is 0 Å². The van der Waals surface area contributed by atoms with Crippen molar-refractivity contribution in [1.29, 1.82) is 0 Å². The van der Waals surface area contributed by atoms with E-state index < -0.39 is 13.9 Å². The van der Waals surface area contributed by atoms with E-state index in [-0.39, 0.29) is 16.6 Å². The molecule has 25 heavy (non-hydrogen) atoms. The number of esters is 1. The van der Waals surface area contributed by atoms with Crippen molar-refractivity contribution in [2.75, 3.05) is 0 Å². The van der Waals surface area contributed by atoms with E-state index >= 15 is 0 Å². The molecule has 0 atom stereocenters. The minimum Gasteiger partial charge on any atom is -0.460 e. The van der Waals surface area contributed by atoms with Crippen LogP contribution in [0.25, 0.3) is 0 Å². The number of ether oxygens (including phenoxy) is 1. The molecule has 0 aliphatic heterocycles. The molecule has 0 saturated heterocycles. The first-order valence-corrected chi connectivity index (χ1v) is 12.2. The molecule has 0 heterocycles. The molecule has 2 rings (SSSR count). The van der Waals surface area contributed by atoms with E-state index in [9.17, 15) is 4.79 Å². The molecule has 0 aromatic heterocycles. The van der Waals surface area contributed by atoms with E-state index in [4.69, 9.17) is 9.16 Å². The molecule has 0 unspecified atom stereocenters. The molecule has 0 spiro atoms. The summed E-state index contributed by atoms with van der Waals surface area (Å²) in [6.07, 6.45) is 2.49. The summed E-state index contributed by atoms with van der Waals surface area (Å²) in [6.45, 7) is 17.1. The maximum atomic E-state index is 12.0. The van der Waals surface area contributed by atoms with Gasteiger partial charge in [0.1, 0.15) is 5.60 Å². The molecule has 0 N–H and O–H groups in total. The third kappa shape index (κ3) is 5.17. The summed E-state index contributed by atoms with van der Waals surface area (Å²) in [5.41, 5.74) is 1.69. The van der Waals surface area contributed by atoms with E-state index in [0.717, 1.165) is 18.4 Å². The molecular formula is C21H34O3Si. The summed E-state index contributed by atoms with van der Waals surface area (Å²) in [7, 11) is -1.80. The van der Waals surface area contributed by atoms with Gasteiger partial charge in [-0.3, -0.25) is 4.79 Å². The molecule has 0 radical (unpaired) electrons. The van der Waals surface area contributed by atoms with Gasteiger partial charge in [0.05, 0.1) is 12.0 Å². The highest BCUT2D eigenvalue weighted by atomic mass is 28.4. The van der Waals surface area contributed by atoms with Crippen molar-refractivity contribution in [1.82, 2.24) is 0 Å². The second-order valence-corrected chi connectivity index (χ2v) is 14.5. The lowest BCUT2D eigenvalue weighted by molar-refractivity contribution is -0.153. The molecule has 140 valence electrons. The van der Waals surface area contributed by atoms with Crippen LogP contribution in [-0.4, -0.2) is 19.9 Å². The first-order chi connectivity index (χ1) is 11.2. The third-order valence-corrected chi connectivity index (χ3v) is 9.72. The van der Waals surface area contributed by atoms with Gasteiger partial charge in [0.25, 0.3) is 0 Å². The van der Waals surface area contributed by atoms with E-state index in [1.54, 1.807) is 0 Å². The summed E-state index contributed by atoms with van der Waals surface area (Å²) in [4.78, 5) is 12.0. The van der Waals surface area contributed by atoms with Crippen molar-refractivity contribution >= 4 is 14.3 Å². The molecule has 1 aromatic carbocycles. The number of rotatable bonds is 5. The van der Waals surface area contributed by atoms with Gasteiger partial charge in [-0.05, 0) is 62.9 Å². The number of hydrogen-bond donors (Lipinski definition) is 0. The quantitative estimate of drug-likeness (QED) is 0.506. The van der Waals surface area contributed by atoms with Crippen LogP contribution in [0.15, 0.2) is 24.3 Å². The van der Waals surface area contributed by atoms with E-state index in [1.165, 1.54) is 5.56 Å². The molecule has 1 aliphatic carbocycles. The molecular weight excluding hydrogens is 328 g/mol. The molecule has 0 bridgehead atoms. The Morgan fingerprint density at radius 1 is 1.04 bits per heavy atom. The van der Waals surface area contributed by atoms with Gasteiger partial charge in [0.2, 0.25) is 0 Å². The topological polar surface area (TPSA) is 35.5 Å². The maximum absolute atomic E-state index is 12.0. The Hall–Kier alpha value is -1.13. The predicted octanol–water partition coefficient (Wildman–Crippen LogP) is 5.58. The van der Waals surface area contributed by atoms with Crippen LogP contribution in [0.1, 0.15) is 65.5 Å². The van der Waals surface area contributed by atoms with Gasteiger partial charge < -0.3 is 9.16 Å². The van der Waals surface area contributed by atoms with Crippen LogP contribution >= 0.6 is 0 Å². The van der Waals surface area contributed by atoms with Crippen molar-refractivity contribution in [2.45, 2.75) is 90.1 Å². The Bertz CT molecular complexity index is 614. The van der Waals surface area contributed by atoms with Crippen LogP contribution in [0.3, 0.4) is 0 Å². The highest BCUT2D eigenvalue weighted by molar-refractivity contribution is 6.74. The van der Waals surface area contributed by atoms with E-state index in [2.05, 4.69) is 46.0 Å². The van der Waals surface area contributed by atoms with Gasteiger partial charge in [-0.15, -0.1) is 0 Å². The molecule has 3 nitrogen and oxygen atoms in total. The maximum Gasteiger partial charge on any atom is 0.310 e. The lowest BCUT2D eigenvalue weighted by atomic mass is 10.0. The van der Waals surface area contributed by atoms with Gasteiger partial charge in [0, 0.05) is 0 Å². The first kappa shape index (κ1) is 20.2. The highest BCUT2D eigenvalue weighted by Gasteiger charge is 2.52. The zero-order valence-corrected chi connectivity index (χ0v) is 18.2. The number of carbonyl (C=O) groups is 1. The van der Waals surface area contributed by atoms with Crippen LogP contribution in [-0.2, 0) is 26.0 Å². The van der Waals surface area contributed by atoms with Crippen molar-refractivity contribution in [3.05, 3.63) is 35.4 Å². The van der Waals surface area contributed by atoms with Crippen molar-refractivity contribution in [3.63, 3.8) is 0 Å². The summed E-state index contributed by atoms with van der Waals surface area (Å²) in [6, 6.07) is 8.32. The second-order valence-electron chi connectivity index (χ2n) is 9.82. The predicted molar refractivity (Wildman–Crippen MR) is 105 cm³/mol. The Balaban J connectivity index is 2.06. The smallest absolute Gasteiger partial charge is 0.310 e. The van der Waals surface area contributed by atoms with Gasteiger partial charge in [-0.1, -0.05) is 45.0 Å². The second kappa shape index (κ2) is 6.55. The SMILES string of the molecule is CC(C)(C)OC(=O)Cc1ccc(C2(O[Si](C)(C)C(C)(C)C)CC2)cc1. The molecule has 0 amide bonds. The van der Waals surface area contributed by atoms with Gasteiger partial charge in [0.15, 0.2) is 8.32 Å². The van der Waals surface area contributed by atoms with Crippen LogP contribution in [0.2, 0.25) is 18.1 Å². The van der Waals surface area contributed by atoms with E-state index in [1.807, 2.05) is 32.9 Å². The minimum absolute atomic E-state index is 0.104. The summed E-state index contributed by atoms with van der Waals surface area (Å²) in [5, 5.41) is 0.208. The van der Waals surface area contributed by atoms with Gasteiger partial charge in [-0.2, -0.15) is 0 Å². The molecule has 1 fully saturated rings. The lowest BCUT2D eigenvalue weighted by Gasteiger charge is -2.39. The fourth-order valence-electron chi connectivity index (χ4n) is 2.68. The Labute approximate surface area is 154 Å². The minimum atomic E-state index is -1.80. The standard InChI is InChI=1S/C21H34O3Si/c1-19(2,3)23-18(22)15-16-9-11-17(12-10-16)21(13-14-21)24-25(7,8)20(4,5)6/h9-12H,13-15H2,1-8H3. The van der Waals surface area contributed by atoms with E-state index in [0.29, 0.717) is 6.42 Å². The van der Waals surface area contributed by atoms with Gasteiger partial charge in [-0.25, -0.2) is 0 Å². The van der Waals surface area contributed by atoms with Crippen LogP contribution < -0.4 is 0 Å². The number of hydrogen-bond acceptors (Lipinski definition) is 3.